The zero-order chi connectivity index (χ0) is 19.1. The van der Waals surface area contributed by atoms with Crippen molar-refractivity contribution in [2.75, 3.05) is 26.2 Å². The van der Waals surface area contributed by atoms with E-state index in [1.165, 1.54) is 0 Å². The molecule has 1 aromatic heterocycles. The summed E-state index contributed by atoms with van der Waals surface area (Å²) in [6.45, 7) is 7.49. The molecule has 0 spiro atoms. The van der Waals surface area contributed by atoms with E-state index in [0.29, 0.717) is 30.8 Å². The monoisotopic (exact) mass is 371 g/mol. The fraction of sp³-hybridized carbons (Fsp3) is 0.550. The lowest BCUT2D eigenvalue weighted by Crippen LogP contribution is -2.29. The molecule has 1 amide bonds. The Labute approximate surface area is 160 Å². The van der Waals surface area contributed by atoms with E-state index in [-0.39, 0.29) is 5.91 Å². The van der Waals surface area contributed by atoms with Gasteiger partial charge in [0.05, 0.1) is 18.8 Å². The minimum atomic E-state index is -0.174. The molecule has 2 heterocycles. The Morgan fingerprint density at radius 2 is 2.04 bits per heavy atom. The summed E-state index contributed by atoms with van der Waals surface area (Å²) in [6, 6.07) is 8.36. The van der Waals surface area contributed by atoms with Gasteiger partial charge in [-0.1, -0.05) is 31.2 Å². The fourth-order valence-corrected chi connectivity index (χ4v) is 3.06. The van der Waals surface area contributed by atoms with Gasteiger partial charge in [-0.15, -0.1) is 5.10 Å². The topological polar surface area (TPSA) is 81.1 Å². The maximum Gasteiger partial charge on any atom is 0.273 e. The number of nitrogens with one attached hydrogen (secondary N) is 2. The predicted molar refractivity (Wildman–Crippen MR) is 104 cm³/mol. The van der Waals surface area contributed by atoms with Crippen LogP contribution in [0.25, 0.3) is 0 Å². The van der Waals surface area contributed by atoms with E-state index in [0.717, 1.165) is 43.7 Å². The molecule has 3 rings (SSSR count). The molecule has 27 heavy (non-hydrogen) atoms. The standard InChI is InChI=1S/C20H29N5O2/c1-15(2)14-27-18-5-3-16(4-6-18)7-12-22-20(26)19-13-25(24-23-19)17-8-10-21-11-9-17/h3-6,13,15,17,21H,7-12,14H2,1-2H3,(H,22,26). The van der Waals surface area contributed by atoms with Gasteiger partial charge in [-0.25, -0.2) is 4.68 Å². The molecule has 0 radical (unpaired) electrons. The molecular formula is C20H29N5O2. The van der Waals surface area contributed by atoms with Gasteiger partial charge in [-0.2, -0.15) is 0 Å². The first-order chi connectivity index (χ1) is 13.1. The number of piperidine rings is 1. The van der Waals surface area contributed by atoms with Gasteiger partial charge in [-0.05, 0) is 56.0 Å². The number of hydrogen-bond donors (Lipinski definition) is 2. The third-order valence-electron chi connectivity index (χ3n) is 4.63. The largest absolute Gasteiger partial charge is 0.493 e. The Kier molecular flexibility index (Phi) is 6.81. The Balaban J connectivity index is 1.43. The molecule has 1 aliphatic rings. The lowest BCUT2D eigenvalue weighted by molar-refractivity contribution is 0.0949. The fourth-order valence-electron chi connectivity index (χ4n) is 3.06. The maximum atomic E-state index is 12.3. The highest BCUT2D eigenvalue weighted by atomic mass is 16.5. The number of rotatable bonds is 8. The SMILES string of the molecule is CC(C)COc1ccc(CCNC(=O)c2cn(C3CCNCC3)nn2)cc1. The van der Waals surface area contributed by atoms with Crippen LogP contribution in [-0.4, -0.2) is 47.1 Å². The molecule has 0 bridgehead atoms. The molecule has 2 aromatic rings. The van der Waals surface area contributed by atoms with Crippen molar-refractivity contribution in [2.24, 2.45) is 5.92 Å². The Bertz CT molecular complexity index is 720. The van der Waals surface area contributed by atoms with Crippen molar-refractivity contribution >= 4 is 5.91 Å². The van der Waals surface area contributed by atoms with Crippen LogP contribution in [0.2, 0.25) is 0 Å². The molecular weight excluding hydrogens is 342 g/mol. The second-order valence-electron chi connectivity index (χ2n) is 7.42. The van der Waals surface area contributed by atoms with Crippen molar-refractivity contribution in [3.63, 3.8) is 0 Å². The number of ether oxygens (including phenoxy) is 1. The molecule has 0 aliphatic carbocycles. The quantitative estimate of drug-likeness (QED) is 0.744. The van der Waals surface area contributed by atoms with Gasteiger partial charge in [0.15, 0.2) is 5.69 Å². The van der Waals surface area contributed by atoms with Crippen LogP contribution in [0.1, 0.15) is 48.8 Å². The lowest BCUT2D eigenvalue weighted by atomic mass is 10.1. The third-order valence-corrected chi connectivity index (χ3v) is 4.63. The average molecular weight is 371 g/mol. The van der Waals surface area contributed by atoms with Crippen molar-refractivity contribution in [1.29, 1.82) is 0 Å². The first-order valence-electron chi connectivity index (χ1n) is 9.74. The number of carbonyl (C=O) groups excluding carboxylic acids is 1. The zero-order valence-corrected chi connectivity index (χ0v) is 16.1. The molecule has 0 atom stereocenters. The van der Waals surface area contributed by atoms with Gasteiger partial charge in [0, 0.05) is 6.54 Å². The summed E-state index contributed by atoms with van der Waals surface area (Å²) in [5, 5.41) is 14.4. The van der Waals surface area contributed by atoms with Gasteiger partial charge in [0.1, 0.15) is 5.75 Å². The first-order valence-corrected chi connectivity index (χ1v) is 9.74. The number of aromatic nitrogens is 3. The van der Waals surface area contributed by atoms with Crippen LogP contribution in [0.5, 0.6) is 5.75 Å². The van der Waals surface area contributed by atoms with Crippen LogP contribution in [0.15, 0.2) is 30.5 Å². The van der Waals surface area contributed by atoms with Crippen molar-refractivity contribution in [3.8, 4) is 5.75 Å². The molecule has 0 saturated carbocycles. The van der Waals surface area contributed by atoms with E-state index in [1.54, 1.807) is 6.20 Å². The van der Waals surface area contributed by atoms with E-state index in [4.69, 9.17) is 4.74 Å². The van der Waals surface area contributed by atoms with E-state index in [1.807, 2.05) is 28.9 Å². The van der Waals surface area contributed by atoms with Crippen LogP contribution in [0.4, 0.5) is 0 Å². The minimum absolute atomic E-state index is 0.174. The van der Waals surface area contributed by atoms with E-state index in [2.05, 4.69) is 34.8 Å². The average Bonchev–Trinajstić information content (AvgIpc) is 3.18. The minimum Gasteiger partial charge on any atom is -0.493 e. The molecule has 2 N–H and O–H groups in total. The predicted octanol–water partition coefficient (Wildman–Crippen LogP) is 2.21. The van der Waals surface area contributed by atoms with Gasteiger partial charge < -0.3 is 15.4 Å². The molecule has 146 valence electrons. The molecule has 1 saturated heterocycles. The molecule has 1 aromatic carbocycles. The molecule has 0 unspecified atom stereocenters. The maximum absolute atomic E-state index is 12.3. The lowest BCUT2D eigenvalue weighted by Gasteiger charge is -2.22. The van der Waals surface area contributed by atoms with E-state index in [9.17, 15) is 4.79 Å². The number of nitrogens with zero attached hydrogens (tertiary/aromatic N) is 3. The molecule has 7 nitrogen and oxygen atoms in total. The summed E-state index contributed by atoms with van der Waals surface area (Å²) < 4.78 is 7.51. The van der Waals surface area contributed by atoms with Crippen LogP contribution < -0.4 is 15.4 Å². The highest BCUT2D eigenvalue weighted by Gasteiger charge is 2.18. The number of hydrogen-bond acceptors (Lipinski definition) is 5. The first kappa shape index (κ1) is 19.4. The summed E-state index contributed by atoms with van der Waals surface area (Å²) in [4.78, 5) is 12.3. The van der Waals surface area contributed by atoms with Crippen molar-refractivity contribution < 1.29 is 9.53 Å². The second kappa shape index (κ2) is 9.50. The third kappa shape index (κ3) is 5.79. The Morgan fingerprint density at radius 1 is 1.30 bits per heavy atom. The Hall–Kier alpha value is -2.41. The van der Waals surface area contributed by atoms with Crippen LogP contribution >= 0.6 is 0 Å². The number of carbonyl (C=O) groups is 1. The summed E-state index contributed by atoms with van der Waals surface area (Å²) in [6.07, 6.45) is 4.55. The van der Waals surface area contributed by atoms with Crippen molar-refractivity contribution in [1.82, 2.24) is 25.6 Å². The van der Waals surface area contributed by atoms with Crippen LogP contribution in [0.3, 0.4) is 0 Å². The summed E-state index contributed by atoms with van der Waals surface area (Å²) in [5.41, 5.74) is 1.54. The van der Waals surface area contributed by atoms with Crippen molar-refractivity contribution in [3.05, 3.63) is 41.7 Å². The van der Waals surface area contributed by atoms with Crippen LogP contribution in [0, 0.1) is 5.92 Å². The highest BCUT2D eigenvalue weighted by molar-refractivity contribution is 5.91. The molecule has 7 heteroatoms. The van der Waals surface area contributed by atoms with E-state index >= 15 is 0 Å². The van der Waals surface area contributed by atoms with Gasteiger partial charge in [-0.3, -0.25) is 4.79 Å². The van der Waals surface area contributed by atoms with Gasteiger partial charge in [0.2, 0.25) is 0 Å². The zero-order valence-electron chi connectivity index (χ0n) is 16.1. The second-order valence-corrected chi connectivity index (χ2v) is 7.42. The summed E-state index contributed by atoms with van der Waals surface area (Å²) >= 11 is 0. The summed E-state index contributed by atoms with van der Waals surface area (Å²) in [5.74, 6) is 1.21. The smallest absolute Gasteiger partial charge is 0.273 e. The van der Waals surface area contributed by atoms with Gasteiger partial charge >= 0.3 is 0 Å². The van der Waals surface area contributed by atoms with Crippen molar-refractivity contribution in [2.45, 2.75) is 39.2 Å². The van der Waals surface area contributed by atoms with E-state index < -0.39 is 0 Å². The summed E-state index contributed by atoms with van der Waals surface area (Å²) in [7, 11) is 0. The van der Waals surface area contributed by atoms with Crippen LogP contribution in [-0.2, 0) is 6.42 Å². The molecule has 1 fully saturated rings. The normalized spacial score (nSPS) is 15.1. The number of benzene rings is 1. The number of amides is 1. The van der Waals surface area contributed by atoms with Gasteiger partial charge in [0.25, 0.3) is 5.91 Å². The highest BCUT2D eigenvalue weighted by Crippen LogP contribution is 2.17. The Morgan fingerprint density at radius 3 is 2.74 bits per heavy atom. The molecule has 1 aliphatic heterocycles.